The summed E-state index contributed by atoms with van der Waals surface area (Å²) in [5.74, 6) is 0. The van der Waals surface area contributed by atoms with Crippen LogP contribution in [0.3, 0.4) is 0 Å². The molecule has 2 rings (SSSR count). The third-order valence-electron chi connectivity index (χ3n) is 3.35. The van der Waals surface area contributed by atoms with E-state index in [1.165, 1.54) is 36.1 Å². The number of thioether (sulfide) groups is 1. The fourth-order valence-electron chi connectivity index (χ4n) is 2.23. The van der Waals surface area contributed by atoms with Crippen molar-refractivity contribution in [1.29, 1.82) is 0 Å². The maximum atomic E-state index is 6.00. The van der Waals surface area contributed by atoms with Gasteiger partial charge in [0.25, 0.3) is 0 Å². The van der Waals surface area contributed by atoms with Gasteiger partial charge < -0.3 is 5.73 Å². The SMILES string of the molecule is CC[C@H](N)c1ccc(SC2CCCC2)cc1. The van der Waals surface area contributed by atoms with Gasteiger partial charge in [-0.3, -0.25) is 0 Å². The highest BCUT2D eigenvalue weighted by molar-refractivity contribution is 8.00. The van der Waals surface area contributed by atoms with Crippen LogP contribution >= 0.6 is 11.8 Å². The van der Waals surface area contributed by atoms with E-state index in [1.807, 2.05) is 11.8 Å². The summed E-state index contributed by atoms with van der Waals surface area (Å²) in [6.07, 6.45) is 6.61. The van der Waals surface area contributed by atoms with E-state index in [4.69, 9.17) is 5.73 Å². The van der Waals surface area contributed by atoms with Crippen molar-refractivity contribution in [3.8, 4) is 0 Å². The molecule has 0 aliphatic heterocycles. The van der Waals surface area contributed by atoms with Gasteiger partial charge in [-0.1, -0.05) is 31.9 Å². The number of benzene rings is 1. The molecule has 1 saturated carbocycles. The topological polar surface area (TPSA) is 26.0 Å². The fourth-order valence-corrected chi connectivity index (χ4v) is 3.48. The van der Waals surface area contributed by atoms with Crippen LogP contribution < -0.4 is 5.73 Å². The number of hydrogen-bond donors (Lipinski definition) is 1. The minimum absolute atomic E-state index is 0.200. The van der Waals surface area contributed by atoms with Gasteiger partial charge >= 0.3 is 0 Å². The minimum atomic E-state index is 0.200. The molecule has 1 aliphatic carbocycles. The van der Waals surface area contributed by atoms with E-state index in [0.717, 1.165) is 11.7 Å². The van der Waals surface area contributed by atoms with E-state index in [0.29, 0.717) is 0 Å². The molecule has 1 atom stereocenters. The van der Waals surface area contributed by atoms with Gasteiger partial charge in [0.2, 0.25) is 0 Å². The third kappa shape index (κ3) is 3.02. The van der Waals surface area contributed by atoms with Gasteiger partial charge in [-0.25, -0.2) is 0 Å². The Balaban J connectivity index is 1.96. The van der Waals surface area contributed by atoms with Gasteiger partial charge in [0.15, 0.2) is 0 Å². The van der Waals surface area contributed by atoms with Gasteiger partial charge in [0.05, 0.1) is 0 Å². The van der Waals surface area contributed by atoms with Crippen LogP contribution in [0.25, 0.3) is 0 Å². The van der Waals surface area contributed by atoms with Crippen LogP contribution in [0.15, 0.2) is 29.2 Å². The Morgan fingerprint density at radius 3 is 2.44 bits per heavy atom. The smallest absolute Gasteiger partial charge is 0.0292 e. The molecule has 1 aromatic rings. The number of nitrogens with two attached hydrogens (primary N) is 1. The van der Waals surface area contributed by atoms with Crippen molar-refractivity contribution in [3.05, 3.63) is 29.8 Å². The summed E-state index contributed by atoms with van der Waals surface area (Å²) in [5.41, 5.74) is 7.26. The quantitative estimate of drug-likeness (QED) is 0.849. The van der Waals surface area contributed by atoms with Crippen molar-refractivity contribution in [3.63, 3.8) is 0 Å². The fraction of sp³-hybridized carbons (Fsp3) is 0.571. The van der Waals surface area contributed by atoms with Crippen molar-refractivity contribution in [2.24, 2.45) is 5.73 Å². The van der Waals surface area contributed by atoms with E-state index < -0.39 is 0 Å². The number of rotatable bonds is 4. The van der Waals surface area contributed by atoms with E-state index in [9.17, 15) is 0 Å². The van der Waals surface area contributed by atoms with Crippen molar-refractivity contribution in [2.75, 3.05) is 0 Å². The largest absolute Gasteiger partial charge is 0.324 e. The Bertz CT molecular complexity index is 314. The van der Waals surface area contributed by atoms with Crippen LogP contribution in [0, 0.1) is 0 Å². The lowest BCUT2D eigenvalue weighted by molar-refractivity contribution is 0.698. The molecule has 0 bridgehead atoms. The molecule has 1 aromatic carbocycles. The first-order chi connectivity index (χ1) is 7.79. The van der Waals surface area contributed by atoms with Gasteiger partial charge in [0, 0.05) is 16.2 Å². The van der Waals surface area contributed by atoms with Crippen molar-refractivity contribution in [1.82, 2.24) is 0 Å². The summed E-state index contributed by atoms with van der Waals surface area (Å²) in [7, 11) is 0. The second-order valence-corrected chi connectivity index (χ2v) is 5.98. The highest BCUT2D eigenvalue weighted by atomic mass is 32.2. The highest BCUT2D eigenvalue weighted by Gasteiger charge is 2.15. The summed E-state index contributed by atoms with van der Waals surface area (Å²) in [6.45, 7) is 2.13. The molecule has 0 aromatic heterocycles. The van der Waals surface area contributed by atoms with Crippen LogP contribution in [0.4, 0.5) is 0 Å². The monoisotopic (exact) mass is 235 g/mol. The molecule has 2 heteroatoms. The van der Waals surface area contributed by atoms with Gasteiger partial charge in [0.1, 0.15) is 0 Å². The Morgan fingerprint density at radius 1 is 1.25 bits per heavy atom. The molecule has 0 amide bonds. The second-order valence-electron chi connectivity index (χ2n) is 4.61. The lowest BCUT2D eigenvalue weighted by atomic mass is 10.1. The Hall–Kier alpha value is -0.470. The Labute approximate surface area is 103 Å². The van der Waals surface area contributed by atoms with E-state index >= 15 is 0 Å². The molecular formula is C14H21NS. The molecule has 0 spiro atoms. The maximum absolute atomic E-state index is 6.00. The predicted molar refractivity (Wildman–Crippen MR) is 71.8 cm³/mol. The van der Waals surface area contributed by atoms with Crippen molar-refractivity contribution in [2.45, 2.75) is 55.2 Å². The highest BCUT2D eigenvalue weighted by Crippen LogP contribution is 2.34. The first-order valence-electron chi connectivity index (χ1n) is 6.32. The maximum Gasteiger partial charge on any atom is 0.0292 e. The summed E-state index contributed by atoms with van der Waals surface area (Å²) in [5, 5.41) is 0.852. The molecule has 0 saturated heterocycles. The molecule has 1 aliphatic rings. The minimum Gasteiger partial charge on any atom is -0.324 e. The summed E-state index contributed by atoms with van der Waals surface area (Å²) in [4.78, 5) is 1.40. The molecule has 88 valence electrons. The zero-order valence-corrected chi connectivity index (χ0v) is 10.8. The van der Waals surface area contributed by atoms with Gasteiger partial charge in [-0.15, -0.1) is 11.8 Å². The average Bonchev–Trinajstić information content (AvgIpc) is 2.82. The molecule has 0 heterocycles. The van der Waals surface area contributed by atoms with Crippen molar-refractivity contribution >= 4 is 11.8 Å². The normalized spacial score (nSPS) is 18.9. The zero-order valence-electron chi connectivity index (χ0n) is 9.99. The summed E-state index contributed by atoms with van der Waals surface area (Å²) < 4.78 is 0. The molecular weight excluding hydrogens is 214 g/mol. The van der Waals surface area contributed by atoms with Crippen LogP contribution in [0.1, 0.15) is 50.6 Å². The molecule has 1 fully saturated rings. The summed E-state index contributed by atoms with van der Waals surface area (Å²) in [6, 6.07) is 9.03. The van der Waals surface area contributed by atoms with E-state index in [-0.39, 0.29) is 6.04 Å². The molecule has 1 nitrogen and oxygen atoms in total. The lowest BCUT2D eigenvalue weighted by Gasteiger charge is -2.11. The molecule has 0 radical (unpaired) electrons. The zero-order chi connectivity index (χ0) is 11.4. The standard InChI is InChI=1S/C14H21NS/c1-2-14(15)11-7-9-13(10-8-11)16-12-5-3-4-6-12/h7-10,12,14H,2-6,15H2,1H3/t14-/m0/s1. The Morgan fingerprint density at radius 2 is 1.88 bits per heavy atom. The summed E-state index contributed by atoms with van der Waals surface area (Å²) >= 11 is 2.04. The van der Waals surface area contributed by atoms with Crippen LogP contribution in [-0.2, 0) is 0 Å². The molecule has 0 unspecified atom stereocenters. The lowest BCUT2D eigenvalue weighted by Crippen LogP contribution is -2.08. The van der Waals surface area contributed by atoms with Gasteiger partial charge in [-0.2, -0.15) is 0 Å². The van der Waals surface area contributed by atoms with E-state index in [1.54, 1.807) is 0 Å². The van der Waals surface area contributed by atoms with E-state index in [2.05, 4.69) is 31.2 Å². The van der Waals surface area contributed by atoms with Gasteiger partial charge in [-0.05, 0) is 37.0 Å². The Kier molecular flexibility index (Phi) is 4.30. The first-order valence-corrected chi connectivity index (χ1v) is 7.19. The third-order valence-corrected chi connectivity index (χ3v) is 4.70. The number of hydrogen-bond acceptors (Lipinski definition) is 2. The van der Waals surface area contributed by atoms with Crippen molar-refractivity contribution < 1.29 is 0 Å². The molecule has 16 heavy (non-hydrogen) atoms. The van der Waals surface area contributed by atoms with Crippen LogP contribution in [0.5, 0.6) is 0 Å². The molecule has 2 N–H and O–H groups in total. The average molecular weight is 235 g/mol. The second kappa shape index (κ2) is 5.74. The predicted octanol–water partition coefficient (Wildman–Crippen LogP) is 4.13. The van der Waals surface area contributed by atoms with Crippen LogP contribution in [0.2, 0.25) is 0 Å². The van der Waals surface area contributed by atoms with Crippen LogP contribution in [-0.4, -0.2) is 5.25 Å². The first kappa shape index (κ1) is 12.0.